The minimum atomic E-state index is 0.0602. The molecule has 6 heteroatoms. The van der Waals surface area contributed by atoms with Gasteiger partial charge in [-0.2, -0.15) is 0 Å². The van der Waals surface area contributed by atoms with Crippen LogP contribution in [0.3, 0.4) is 0 Å². The molecule has 30 heavy (non-hydrogen) atoms. The summed E-state index contributed by atoms with van der Waals surface area (Å²) in [4.78, 5) is 9.53. The summed E-state index contributed by atoms with van der Waals surface area (Å²) in [6.45, 7) is 15.7. The number of likely N-dealkylation sites (tertiary alicyclic amines) is 1. The van der Waals surface area contributed by atoms with Gasteiger partial charge in [0.05, 0.1) is 13.2 Å². The van der Waals surface area contributed by atoms with Crippen molar-refractivity contribution in [2.75, 3.05) is 53.0 Å². The lowest BCUT2D eigenvalue weighted by atomic mass is 9.98. The van der Waals surface area contributed by atoms with Gasteiger partial charge in [0.2, 0.25) is 0 Å². The van der Waals surface area contributed by atoms with E-state index >= 15 is 0 Å². The summed E-state index contributed by atoms with van der Waals surface area (Å²) in [6, 6.07) is 8.80. The molecule has 168 valence electrons. The normalized spacial score (nSPS) is 20.3. The van der Waals surface area contributed by atoms with Crippen molar-refractivity contribution in [3.63, 3.8) is 0 Å². The van der Waals surface area contributed by atoms with Crippen LogP contribution < -0.4 is 10.6 Å². The van der Waals surface area contributed by atoms with Gasteiger partial charge in [0.25, 0.3) is 0 Å². The Morgan fingerprint density at radius 1 is 1.07 bits per heavy atom. The smallest absolute Gasteiger partial charge is 0.191 e. The quantitative estimate of drug-likeness (QED) is 0.530. The van der Waals surface area contributed by atoms with Crippen molar-refractivity contribution in [2.45, 2.75) is 52.2 Å². The molecular weight excluding hydrogens is 374 g/mol. The summed E-state index contributed by atoms with van der Waals surface area (Å²) >= 11 is 0. The Bertz CT molecular complexity index is 676. The van der Waals surface area contributed by atoms with Gasteiger partial charge in [0, 0.05) is 45.3 Å². The van der Waals surface area contributed by atoms with Gasteiger partial charge in [0.1, 0.15) is 0 Å². The number of hydrogen-bond acceptors (Lipinski definition) is 4. The Labute approximate surface area is 183 Å². The average molecular weight is 416 g/mol. The fourth-order valence-electron chi connectivity index (χ4n) is 4.33. The summed E-state index contributed by atoms with van der Waals surface area (Å²) in [5, 5.41) is 7.05. The molecule has 0 atom stereocenters. The first-order chi connectivity index (χ1) is 14.5. The zero-order chi connectivity index (χ0) is 21.4. The van der Waals surface area contributed by atoms with Crippen molar-refractivity contribution in [1.82, 2.24) is 20.4 Å². The molecule has 2 aliphatic rings. The molecule has 1 aromatic rings. The lowest BCUT2D eigenvalue weighted by molar-refractivity contribution is -0.00834. The molecule has 0 radical (unpaired) electrons. The second-order valence-corrected chi connectivity index (χ2v) is 9.42. The number of benzene rings is 1. The molecule has 0 bridgehead atoms. The maximum Gasteiger partial charge on any atom is 0.191 e. The third-order valence-corrected chi connectivity index (χ3v) is 6.61. The number of aliphatic imine (C=N–C) groups is 1. The van der Waals surface area contributed by atoms with E-state index in [1.807, 2.05) is 7.05 Å². The first kappa shape index (κ1) is 23.0. The number of piperidine rings is 1. The predicted molar refractivity (Wildman–Crippen MR) is 125 cm³/mol. The summed E-state index contributed by atoms with van der Waals surface area (Å²) in [7, 11) is 1.85. The van der Waals surface area contributed by atoms with Gasteiger partial charge in [-0.3, -0.25) is 14.8 Å². The largest absolute Gasteiger partial charge is 0.379 e. The lowest BCUT2D eigenvalue weighted by Crippen LogP contribution is -2.56. The molecule has 2 aliphatic heterocycles. The van der Waals surface area contributed by atoms with Crippen LogP contribution in [0.5, 0.6) is 0 Å². The van der Waals surface area contributed by atoms with E-state index in [1.165, 1.54) is 37.1 Å². The Hall–Kier alpha value is -1.63. The molecule has 2 fully saturated rings. The molecule has 3 rings (SSSR count). The minimum absolute atomic E-state index is 0.0602. The maximum absolute atomic E-state index is 5.50. The third-order valence-electron chi connectivity index (χ3n) is 6.61. The summed E-state index contributed by atoms with van der Waals surface area (Å²) in [6.07, 6.45) is 2.63. The van der Waals surface area contributed by atoms with Crippen LogP contribution in [0.4, 0.5) is 0 Å². The van der Waals surface area contributed by atoms with Gasteiger partial charge >= 0.3 is 0 Å². The van der Waals surface area contributed by atoms with Gasteiger partial charge in [-0.25, -0.2) is 0 Å². The second-order valence-electron chi connectivity index (χ2n) is 9.42. The SMILES string of the molecule is CN=C(NCc1ccccc1CN1CCC(C)CC1)NCC(C)(C)N1CCOCC1. The molecule has 1 aromatic carbocycles. The van der Waals surface area contributed by atoms with Crippen LogP contribution >= 0.6 is 0 Å². The summed E-state index contributed by atoms with van der Waals surface area (Å²) in [5.74, 6) is 1.73. The van der Waals surface area contributed by atoms with Crippen molar-refractivity contribution in [3.8, 4) is 0 Å². The van der Waals surface area contributed by atoms with Crippen LogP contribution in [-0.2, 0) is 17.8 Å². The van der Waals surface area contributed by atoms with Crippen molar-refractivity contribution < 1.29 is 4.74 Å². The molecule has 2 N–H and O–H groups in total. The van der Waals surface area contributed by atoms with Crippen LogP contribution in [0, 0.1) is 5.92 Å². The average Bonchev–Trinajstić information content (AvgIpc) is 2.77. The van der Waals surface area contributed by atoms with Gasteiger partial charge in [-0.1, -0.05) is 31.2 Å². The highest BCUT2D eigenvalue weighted by atomic mass is 16.5. The maximum atomic E-state index is 5.50. The number of rotatable bonds is 7. The third kappa shape index (κ3) is 6.69. The number of ether oxygens (including phenoxy) is 1. The standard InChI is InChI=1S/C24H41N5O/c1-20-9-11-28(12-10-20)18-22-8-6-5-7-21(22)17-26-23(25-4)27-19-24(2,3)29-13-15-30-16-14-29/h5-8,20H,9-19H2,1-4H3,(H2,25,26,27). The lowest BCUT2D eigenvalue weighted by Gasteiger charge is -2.41. The van der Waals surface area contributed by atoms with Crippen LogP contribution in [0.2, 0.25) is 0 Å². The van der Waals surface area contributed by atoms with E-state index in [0.29, 0.717) is 0 Å². The molecular formula is C24H41N5O. The topological polar surface area (TPSA) is 52.1 Å². The molecule has 0 amide bonds. The fourth-order valence-corrected chi connectivity index (χ4v) is 4.33. The van der Waals surface area contributed by atoms with Gasteiger partial charge in [-0.15, -0.1) is 0 Å². The molecule has 6 nitrogen and oxygen atoms in total. The highest BCUT2D eigenvalue weighted by Crippen LogP contribution is 2.20. The Morgan fingerprint density at radius 2 is 1.73 bits per heavy atom. The van der Waals surface area contributed by atoms with E-state index in [1.54, 1.807) is 0 Å². The number of hydrogen-bond donors (Lipinski definition) is 2. The molecule has 0 spiro atoms. The van der Waals surface area contributed by atoms with E-state index in [0.717, 1.165) is 57.8 Å². The number of guanidine groups is 1. The second kappa shape index (κ2) is 11.1. The fraction of sp³-hybridized carbons (Fsp3) is 0.708. The minimum Gasteiger partial charge on any atom is -0.379 e. The van der Waals surface area contributed by atoms with Crippen molar-refractivity contribution >= 4 is 5.96 Å². The molecule has 0 saturated carbocycles. The number of nitrogens with one attached hydrogen (secondary N) is 2. The van der Waals surface area contributed by atoms with E-state index in [9.17, 15) is 0 Å². The number of nitrogens with zero attached hydrogens (tertiary/aromatic N) is 3. The van der Waals surface area contributed by atoms with Gasteiger partial charge in [-0.05, 0) is 56.8 Å². The van der Waals surface area contributed by atoms with E-state index in [4.69, 9.17) is 4.74 Å². The monoisotopic (exact) mass is 415 g/mol. The number of morpholine rings is 1. The summed E-state index contributed by atoms with van der Waals surface area (Å²) < 4.78 is 5.50. The Morgan fingerprint density at radius 3 is 2.40 bits per heavy atom. The summed E-state index contributed by atoms with van der Waals surface area (Å²) in [5.41, 5.74) is 2.83. The zero-order valence-corrected chi connectivity index (χ0v) is 19.4. The first-order valence-corrected chi connectivity index (χ1v) is 11.5. The van der Waals surface area contributed by atoms with Crippen LogP contribution in [0.1, 0.15) is 44.7 Å². The highest BCUT2D eigenvalue weighted by Gasteiger charge is 2.28. The van der Waals surface area contributed by atoms with Gasteiger partial charge < -0.3 is 15.4 Å². The molecule has 2 saturated heterocycles. The van der Waals surface area contributed by atoms with Crippen LogP contribution in [0.25, 0.3) is 0 Å². The Balaban J connectivity index is 1.51. The van der Waals surface area contributed by atoms with Gasteiger partial charge in [0.15, 0.2) is 5.96 Å². The van der Waals surface area contributed by atoms with Crippen molar-refractivity contribution in [2.24, 2.45) is 10.9 Å². The van der Waals surface area contributed by atoms with E-state index in [2.05, 4.69) is 70.5 Å². The molecule has 0 aliphatic carbocycles. The zero-order valence-electron chi connectivity index (χ0n) is 19.4. The predicted octanol–water partition coefficient (Wildman–Crippen LogP) is 2.69. The first-order valence-electron chi connectivity index (χ1n) is 11.5. The van der Waals surface area contributed by atoms with E-state index in [-0.39, 0.29) is 5.54 Å². The molecule has 0 unspecified atom stereocenters. The molecule has 2 heterocycles. The van der Waals surface area contributed by atoms with E-state index < -0.39 is 0 Å². The molecule has 0 aromatic heterocycles. The van der Waals surface area contributed by atoms with Crippen molar-refractivity contribution in [1.29, 1.82) is 0 Å². The van der Waals surface area contributed by atoms with Crippen LogP contribution in [0.15, 0.2) is 29.3 Å². The highest BCUT2D eigenvalue weighted by molar-refractivity contribution is 5.79. The van der Waals surface area contributed by atoms with Crippen LogP contribution in [-0.4, -0.2) is 74.3 Å². The van der Waals surface area contributed by atoms with Crippen molar-refractivity contribution in [3.05, 3.63) is 35.4 Å². The Kier molecular flexibility index (Phi) is 8.54.